The molecule has 0 saturated carbocycles. The SMILES string of the molecule is CCOCCCNC(=O)c1cncc(-c2ccc(OC)cc2)c1. The van der Waals surface area contributed by atoms with Crippen molar-refractivity contribution in [2.24, 2.45) is 0 Å². The normalized spacial score (nSPS) is 10.3. The highest BCUT2D eigenvalue weighted by Gasteiger charge is 2.07. The van der Waals surface area contributed by atoms with Crippen molar-refractivity contribution in [1.29, 1.82) is 0 Å². The first-order valence-electron chi connectivity index (χ1n) is 7.70. The topological polar surface area (TPSA) is 60.5 Å². The van der Waals surface area contributed by atoms with Gasteiger partial charge in [-0.05, 0) is 37.1 Å². The first-order chi connectivity index (χ1) is 11.2. The Kier molecular flexibility index (Phi) is 6.56. The number of aromatic nitrogens is 1. The maximum absolute atomic E-state index is 12.1. The van der Waals surface area contributed by atoms with Crippen LogP contribution in [0.2, 0.25) is 0 Å². The van der Waals surface area contributed by atoms with Crippen molar-refractivity contribution >= 4 is 5.91 Å². The lowest BCUT2D eigenvalue weighted by Crippen LogP contribution is -2.25. The number of nitrogens with zero attached hydrogens (tertiary/aromatic N) is 1. The molecule has 1 heterocycles. The van der Waals surface area contributed by atoms with Crippen molar-refractivity contribution in [2.75, 3.05) is 26.9 Å². The zero-order valence-corrected chi connectivity index (χ0v) is 13.5. The lowest BCUT2D eigenvalue weighted by molar-refractivity contribution is 0.0944. The first kappa shape index (κ1) is 17.0. The Morgan fingerprint density at radius 1 is 1.17 bits per heavy atom. The highest BCUT2D eigenvalue weighted by molar-refractivity contribution is 5.95. The Balaban J connectivity index is 1.99. The molecule has 1 amide bonds. The fraction of sp³-hybridized carbons (Fsp3) is 0.333. The largest absolute Gasteiger partial charge is 0.497 e. The van der Waals surface area contributed by atoms with Crippen LogP contribution in [-0.2, 0) is 4.74 Å². The smallest absolute Gasteiger partial charge is 0.252 e. The van der Waals surface area contributed by atoms with Gasteiger partial charge in [0.15, 0.2) is 0 Å². The van der Waals surface area contributed by atoms with Gasteiger partial charge >= 0.3 is 0 Å². The van der Waals surface area contributed by atoms with Gasteiger partial charge in [-0.3, -0.25) is 9.78 Å². The molecule has 2 rings (SSSR count). The van der Waals surface area contributed by atoms with E-state index in [0.29, 0.717) is 25.3 Å². The summed E-state index contributed by atoms with van der Waals surface area (Å²) in [6.45, 7) is 3.89. The van der Waals surface area contributed by atoms with E-state index in [2.05, 4.69) is 10.3 Å². The molecule has 5 heteroatoms. The molecule has 5 nitrogen and oxygen atoms in total. The molecule has 0 aliphatic carbocycles. The Morgan fingerprint density at radius 2 is 1.96 bits per heavy atom. The molecule has 0 spiro atoms. The van der Waals surface area contributed by atoms with Gasteiger partial charge in [0.05, 0.1) is 12.7 Å². The van der Waals surface area contributed by atoms with Crippen LogP contribution in [0.25, 0.3) is 11.1 Å². The van der Waals surface area contributed by atoms with Crippen molar-refractivity contribution in [3.63, 3.8) is 0 Å². The molecule has 0 atom stereocenters. The molecule has 1 aromatic carbocycles. The molecule has 0 aliphatic heterocycles. The van der Waals surface area contributed by atoms with E-state index in [1.54, 1.807) is 19.5 Å². The minimum atomic E-state index is -0.121. The van der Waals surface area contributed by atoms with Gasteiger partial charge in [0, 0.05) is 37.7 Å². The molecule has 2 aromatic rings. The van der Waals surface area contributed by atoms with Crippen LogP contribution in [0.1, 0.15) is 23.7 Å². The molecule has 0 fully saturated rings. The van der Waals surface area contributed by atoms with Gasteiger partial charge in [0.25, 0.3) is 5.91 Å². The number of ether oxygens (including phenoxy) is 2. The summed E-state index contributed by atoms with van der Waals surface area (Å²) in [5, 5.41) is 2.88. The van der Waals surface area contributed by atoms with Crippen molar-refractivity contribution < 1.29 is 14.3 Å². The van der Waals surface area contributed by atoms with Crippen LogP contribution in [0.3, 0.4) is 0 Å². The maximum atomic E-state index is 12.1. The lowest BCUT2D eigenvalue weighted by Gasteiger charge is -2.07. The van der Waals surface area contributed by atoms with Crippen LogP contribution >= 0.6 is 0 Å². The van der Waals surface area contributed by atoms with Gasteiger partial charge in [0.2, 0.25) is 0 Å². The predicted molar refractivity (Wildman–Crippen MR) is 89.7 cm³/mol. The quantitative estimate of drug-likeness (QED) is 0.761. The van der Waals surface area contributed by atoms with Crippen LogP contribution in [0, 0.1) is 0 Å². The summed E-state index contributed by atoms with van der Waals surface area (Å²) in [5.74, 6) is 0.675. The molecular weight excluding hydrogens is 292 g/mol. The van der Waals surface area contributed by atoms with Crippen molar-refractivity contribution in [2.45, 2.75) is 13.3 Å². The van der Waals surface area contributed by atoms with Crippen LogP contribution in [0.15, 0.2) is 42.7 Å². The van der Waals surface area contributed by atoms with Gasteiger partial charge < -0.3 is 14.8 Å². The van der Waals surface area contributed by atoms with E-state index in [-0.39, 0.29) is 5.91 Å². The number of nitrogens with one attached hydrogen (secondary N) is 1. The van der Waals surface area contributed by atoms with Crippen LogP contribution in [0.5, 0.6) is 5.75 Å². The second kappa shape index (κ2) is 8.90. The second-order valence-electron chi connectivity index (χ2n) is 5.00. The molecule has 122 valence electrons. The lowest BCUT2D eigenvalue weighted by atomic mass is 10.1. The average molecular weight is 314 g/mol. The number of rotatable bonds is 8. The Morgan fingerprint density at radius 3 is 2.65 bits per heavy atom. The van der Waals surface area contributed by atoms with Crippen LogP contribution < -0.4 is 10.1 Å². The van der Waals surface area contributed by atoms with Crippen molar-refractivity contribution in [3.8, 4) is 16.9 Å². The van der Waals surface area contributed by atoms with E-state index in [0.717, 1.165) is 23.3 Å². The molecule has 0 saturated heterocycles. The number of carbonyl (C=O) groups excluding carboxylic acids is 1. The summed E-state index contributed by atoms with van der Waals surface area (Å²) in [6.07, 6.45) is 4.11. The van der Waals surface area contributed by atoms with E-state index in [4.69, 9.17) is 9.47 Å². The van der Waals surface area contributed by atoms with Crippen molar-refractivity contribution in [1.82, 2.24) is 10.3 Å². The fourth-order valence-corrected chi connectivity index (χ4v) is 2.13. The van der Waals surface area contributed by atoms with Gasteiger partial charge in [0.1, 0.15) is 5.75 Å². The monoisotopic (exact) mass is 314 g/mol. The molecular formula is C18H22N2O3. The molecule has 1 N–H and O–H groups in total. The Labute approximate surface area is 136 Å². The first-order valence-corrected chi connectivity index (χ1v) is 7.70. The number of amides is 1. The third-order valence-corrected chi connectivity index (χ3v) is 3.38. The van der Waals surface area contributed by atoms with E-state index < -0.39 is 0 Å². The number of carbonyl (C=O) groups is 1. The minimum Gasteiger partial charge on any atom is -0.497 e. The average Bonchev–Trinajstić information content (AvgIpc) is 2.61. The maximum Gasteiger partial charge on any atom is 0.252 e. The standard InChI is InChI=1S/C18H22N2O3/c1-3-23-10-4-9-20-18(21)16-11-15(12-19-13-16)14-5-7-17(22-2)8-6-14/h5-8,11-13H,3-4,9-10H2,1-2H3,(H,20,21). The Hall–Kier alpha value is -2.40. The van der Waals surface area contributed by atoms with E-state index in [1.165, 1.54) is 0 Å². The zero-order valence-electron chi connectivity index (χ0n) is 13.5. The fourth-order valence-electron chi connectivity index (χ4n) is 2.13. The van der Waals surface area contributed by atoms with Crippen LogP contribution in [-0.4, -0.2) is 37.8 Å². The van der Waals surface area contributed by atoms with Gasteiger partial charge in [-0.15, -0.1) is 0 Å². The second-order valence-corrected chi connectivity index (χ2v) is 5.00. The summed E-state index contributed by atoms with van der Waals surface area (Å²) in [5.41, 5.74) is 2.44. The number of methoxy groups -OCH3 is 1. The van der Waals surface area contributed by atoms with Gasteiger partial charge in [-0.25, -0.2) is 0 Å². The zero-order chi connectivity index (χ0) is 16.5. The summed E-state index contributed by atoms with van der Waals surface area (Å²) in [4.78, 5) is 16.3. The van der Waals surface area contributed by atoms with E-state index in [9.17, 15) is 4.79 Å². The van der Waals surface area contributed by atoms with Gasteiger partial charge in [-0.2, -0.15) is 0 Å². The number of hydrogen-bond donors (Lipinski definition) is 1. The summed E-state index contributed by atoms with van der Waals surface area (Å²) >= 11 is 0. The summed E-state index contributed by atoms with van der Waals surface area (Å²) < 4.78 is 10.4. The Bertz CT molecular complexity index is 626. The number of pyridine rings is 1. The molecule has 0 radical (unpaired) electrons. The molecule has 0 bridgehead atoms. The minimum absolute atomic E-state index is 0.121. The third kappa shape index (κ3) is 5.07. The number of benzene rings is 1. The summed E-state index contributed by atoms with van der Waals surface area (Å²) in [6, 6.07) is 9.50. The predicted octanol–water partition coefficient (Wildman–Crippen LogP) is 2.91. The molecule has 0 unspecified atom stereocenters. The van der Waals surface area contributed by atoms with E-state index in [1.807, 2.05) is 37.3 Å². The number of hydrogen-bond acceptors (Lipinski definition) is 4. The van der Waals surface area contributed by atoms with Crippen molar-refractivity contribution in [3.05, 3.63) is 48.3 Å². The van der Waals surface area contributed by atoms with Gasteiger partial charge in [-0.1, -0.05) is 12.1 Å². The molecule has 23 heavy (non-hydrogen) atoms. The highest BCUT2D eigenvalue weighted by atomic mass is 16.5. The van der Waals surface area contributed by atoms with Crippen LogP contribution in [0.4, 0.5) is 0 Å². The molecule has 0 aliphatic rings. The highest BCUT2D eigenvalue weighted by Crippen LogP contribution is 2.22. The third-order valence-electron chi connectivity index (χ3n) is 3.38. The molecule has 1 aromatic heterocycles. The summed E-state index contributed by atoms with van der Waals surface area (Å²) in [7, 11) is 1.63. The van der Waals surface area contributed by atoms with E-state index >= 15 is 0 Å².